The lowest BCUT2D eigenvalue weighted by Crippen LogP contribution is -2.41. The van der Waals surface area contributed by atoms with Gasteiger partial charge in [-0.15, -0.1) is 0 Å². The lowest BCUT2D eigenvalue weighted by Gasteiger charge is -2.28. The SMILES string of the molecule is CCOCC(CC(C)C)N(C)S(=O)(=O)c1ccc(Cn2c(C)nc3cnccc32)cc1. The maximum atomic E-state index is 13.2. The van der Waals surface area contributed by atoms with E-state index in [0.717, 1.165) is 28.8 Å². The van der Waals surface area contributed by atoms with Gasteiger partial charge in [-0.05, 0) is 49.9 Å². The van der Waals surface area contributed by atoms with Crippen LogP contribution in [-0.2, 0) is 21.3 Å². The number of likely N-dealkylation sites (N-methyl/N-ethyl adjacent to an activating group) is 1. The smallest absolute Gasteiger partial charge is 0.243 e. The summed E-state index contributed by atoms with van der Waals surface area (Å²) in [5.74, 6) is 1.26. The largest absolute Gasteiger partial charge is 0.380 e. The van der Waals surface area contributed by atoms with Crippen molar-refractivity contribution in [1.82, 2.24) is 18.8 Å². The van der Waals surface area contributed by atoms with E-state index in [1.165, 1.54) is 4.31 Å². The summed E-state index contributed by atoms with van der Waals surface area (Å²) in [5.41, 5.74) is 2.87. The molecule has 0 aliphatic rings. The van der Waals surface area contributed by atoms with E-state index in [0.29, 0.717) is 30.6 Å². The normalized spacial score (nSPS) is 13.4. The van der Waals surface area contributed by atoms with E-state index in [1.54, 1.807) is 31.6 Å². The van der Waals surface area contributed by atoms with Crippen LogP contribution in [0.25, 0.3) is 11.0 Å². The molecule has 2 heterocycles. The third-order valence-electron chi connectivity index (χ3n) is 5.45. The summed E-state index contributed by atoms with van der Waals surface area (Å²) in [5, 5.41) is 0. The van der Waals surface area contributed by atoms with Crippen molar-refractivity contribution in [1.29, 1.82) is 0 Å². The van der Waals surface area contributed by atoms with Gasteiger partial charge in [0.2, 0.25) is 10.0 Å². The Morgan fingerprint density at radius 2 is 1.87 bits per heavy atom. The zero-order valence-electron chi connectivity index (χ0n) is 18.9. The summed E-state index contributed by atoms with van der Waals surface area (Å²) in [6.07, 6.45) is 4.25. The van der Waals surface area contributed by atoms with Gasteiger partial charge in [-0.3, -0.25) is 4.98 Å². The zero-order chi connectivity index (χ0) is 22.6. The van der Waals surface area contributed by atoms with Gasteiger partial charge < -0.3 is 9.30 Å². The molecular formula is C23H32N4O3S. The Morgan fingerprint density at radius 1 is 1.16 bits per heavy atom. The van der Waals surface area contributed by atoms with Crippen molar-refractivity contribution in [2.75, 3.05) is 20.3 Å². The first kappa shape index (κ1) is 23.4. The summed E-state index contributed by atoms with van der Waals surface area (Å²) in [7, 11) is -1.97. The van der Waals surface area contributed by atoms with Crippen LogP contribution >= 0.6 is 0 Å². The zero-order valence-corrected chi connectivity index (χ0v) is 19.8. The molecule has 0 spiro atoms. The van der Waals surface area contributed by atoms with Crippen molar-refractivity contribution >= 4 is 21.1 Å². The average molecular weight is 445 g/mol. The highest BCUT2D eigenvalue weighted by Gasteiger charge is 2.28. The highest BCUT2D eigenvalue weighted by atomic mass is 32.2. The fourth-order valence-corrected chi connectivity index (χ4v) is 5.09. The average Bonchev–Trinajstić information content (AvgIpc) is 3.06. The molecule has 3 rings (SSSR count). The molecule has 1 aromatic carbocycles. The third kappa shape index (κ3) is 5.31. The number of fused-ring (bicyclic) bond motifs is 1. The summed E-state index contributed by atoms with van der Waals surface area (Å²) >= 11 is 0. The Bertz CT molecular complexity index is 1110. The van der Waals surface area contributed by atoms with Gasteiger partial charge in [-0.25, -0.2) is 13.4 Å². The number of sulfonamides is 1. The topological polar surface area (TPSA) is 77.3 Å². The second-order valence-electron chi connectivity index (χ2n) is 8.22. The number of imidazole rings is 1. The van der Waals surface area contributed by atoms with Gasteiger partial charge in [0.25, 0.3) is 0 Å². The number of benzene rings is 1. The molecule has 1 unspecified atom stereocenters. The molecule has 168 valence electrons. The molecular weight excluding hydrogens is 412 g/mol. The van der Waals surface area contributed by atoms with E-state index in [2.05, 4.69) is 28.4 Å². The molecule has 0 aliphatic carbocycles. The Kier molecular flexibility index (Phi) is 7.46. The van der Waals surface area contributed by atoms with Crippen molar-refractivity contribution in [3.8, 4) is 0 Å². The maximum absolute atomic E-state index is 13.2. The Morgan fingerprint density at radius 3 is 2.52 bits per heavy atom. The van der Waals surface area contributed by atoms with Crippen molar-refractivity contribution in [2.45, 2.75) is 51.6 Å². The first-order valence-electron chi connectivity index (χ1n) is 10.7. The van der Waals surface area contributed by atoms with Gasteiger partial charge in [0.05, 0.1) is 23.2 Å². The van der Waals surface area contributed by atoms with Gasteiger partial charge in [0.15, 0.2) is 0 Å². The second-order valence-corrected chi connectivity index (χ2v) is 10.2. The van der Waals surface area contributed by atoms with Crippen LogP contribution in [0.4, 0.5) is 0 Å². The van der Waals surface area contributed by atoms with E-state index >= 15 is 0 Å². The number of nitrogens with zero attached hydrogens (tertiary/aromatic N) is 4. The molecule has 0 amide bonds. The molecule has 0 bridgehead atoms. The van der Waals surface area contributed by atoms with Crippen molar-refractivity contribution in [3.63, 3.8) is 0 Å². The van der Waals surface area contributed by atoms with E-state index in [1.807, 2.05) is 32.0 Å². The lowest BCUT2D eigenvalue weighted by molar-refractivity contribution is 0.0954. The number of hydrogen-bond acceptors (Lipinski definition) is 5. The van der Waals surface area contributed by atoms with Crippen LogP contribution in [0.2, 0.25) is 0 Å². The van der Waals surface area contributed by atoms with Crippen LogP contribution < -0.4 is 0 Å². The third-order valence-corrected chi connectivity index (χ3v) is 7.38. The molecule has 0 fully saturated rings. The molecule has 0 saturated heterocycles. The summed E-state index contributed by atoms with van der Waals surface area (Å²) < 4.78 is 35.6. The van der Waals surface area contributed by atoms with Gasteiger partial charge in [-0.2, -0.15) is 4.31 Å². The highest BCUT2D eigenvalue weighted by molar-refractivity contribution is 7.89. The molecule has 0 radical (unpaired) electrons. The molecule has 7 nitrogen and oxygen atoms in total. The predicted molar refractivity (Wildman–Crippen MR) is 122 cm³/mol. The van der Waals surface area contributed by atoms with Crippen LogP contribution in [0, 0.1) is 12.8 Å². The fraction of sp³-hybridized carbons (Fsp3) is 0.478. The van der Waals surface area contributed by atoms with Gasteiger partial charge >= 0.3 is 0 Å². The number of aromatic nitrogens is 3. The van der Waals surface area contributed by atoms with Gasteiger partial charge in [0.1, 0.15) is 11.3 Å². The van der Waals surface area contributed by atoms with Crippen molar-refractivity contribution in [2.24, 2.45) is 5.92 Å². The van der Waals surface area contributed by atoms with E-state index < -0.39 is 10.0 Å². The Hall–Kier alpha value is -2.29. The minimum Gasteiger partial charge on any atom is -0.380 e. The minimum atomic E-state index is -3.61. The van der Waals surface area contributed by atoms with Crippen molar-refractivity contribution < 1.29 is 13.2 Å². The van der Waals surface area contributed by atoms with Crippen LogP contribution in [0.1, 0.15) is 38.6 Å². The summed E-state index contributed by atoms with van der Waals surface area (Å²) in [6.45, 7) is 9.63. The molecule has 0 N–H and O–H groups in total. The fourth-order valence-electron chi connectivity index (χ4n) is 3.73. The van der Waals surface area contributed by atoms with Gasteiger partial charge in [0, 0.05) is 32.4 Å². The van der Waals surface area contributed by atoms with Crippen LogP contribution in [0.3, 0.4) is 0 Å². The van der Waals surface area contributed by atoms with E-state index in [4.69, 9.17) is 4.74 Å². The molecule has 2 aromatic heterocycles. The quantitative estimate of drug-likeness (QED) is 0.475. The number of pyridine rings is 1. The standard InChI is InChI=1S/C23H32N4O3S/c1-6-30-16-20(13-17(2)3)26(5)31(28,29)21-9-7-19(8-10-21)15-27-18(4)25-22-14-24-12-11-23(22)27/h7-12,14,17,20H,6,13,15-16H2,1-5H3. The Balaban J connectivity index is 1.81. The van der Waals surface area contributed by atoms with Crippen LogP contribution in [0.15, 0.2) is 47.6 Å². The molecule has 0 saturated carbocycles. The monoisotopic (exact) mass is 444 g/mol. The summed E-state index contributed by atoms with van der Waals surface area (Å²) in [4.78, 5) is 8.96. The molecule has 1 atom stereocenters. The molecule has 3 aromatic rings. The number of aryl methyl sites for hydroxylation is 1. The van der Waals surface area contributed by atoms with E-state index in [9.17, 15) is 8.42 Å². The minimum absolute atomic E-state index is 0.196. The van der Waals surface area contributed by atoms with E-state index in [-0.39, 0.29) is 6.04 Å². The van der Waals surface area contributed by atoms with Crippen LogP contribution in [-0.4, -0.2) is 53.6 Å². The van der Waals surface area contributed by atoms with Crippen molar-refractivity contribution in [3.05, 3.63) is 54.1 Å². The molecule has 31 heavy (non-hydrogen) atoms. The second kappa shape index (κ2) is 9.89. The Labute approximate surface area is 185 Å². The number of ether oxygens (including phenoxy) is 1. The highest BCUT2D eigenvalue weighted by Crippen LogP contribution is 2.22. The first-order valence-corrected chi connectivity index (χ1v) is 12.1. The summed E-state index contributed by atoms with van der Waals surface area (Å²) in [6, 6.07) is 8.85. The maximum Gasteiger partial charge on any atom is 0.243 e. The van der Waals surface area contributed by atoms with Crippen LogP contribution in [0.5, 0.6) is 0 Å². The first-order chi connectivity index (χ1) is 14.7. The predicted octanol–water partition coefficient (Wildman–Crippen LogP) is 3.86. The lowest BCUT2D eigenvalue weighted by atomic mass is 10.0. The molecule has 0 aliphatic heterocycles. The molecule has 8 heteroatoms. The van der Waals surface area contributed by atoms with Gasteiger partial charge in [-0.1, -0.05) is 26.0 Å². The number of rotatable bonds is 10. The number of hydrogen-bond donors (Lipinski definition) is 0.